The number of hydrogen-bond donors (Lipinski definition) is 1. The van der Waals surface area contributed by atoms with Gasteiger partial charge in [-0.05, 0) is 55.2 Å². The van der Waals surface area contributed by atoms with E-state index >= 15 is 0 Å². The van der Waals surface area contributed by atoms with Gasteiger partial charge in [0.2, 0.25) is 5.91 Å². The third-order valence-corrected chi connectivity index (χ3v) is 3.93. The van der Waals surface area contributed by atoms with Crippen molar-refractivity contribution in [1.29, 1.82) is 0 Å². The Morgan fingerprint density at radius 3 is 2.30 bits per heavy atom. The Balaban J connectivity index is 2.00. The molecule has 0 fully saturated rings. The van der Waals surface area contributed by atoms with Crippen molar-refractivity contribution in [3.8, 4) is 11.5 Å². The minimum absolute atomic E-state index is 0.000451. The molecule has 2 aromatic carbocycles. The van der Waals surface area contributed by atoms with Crippen molar-refractivity contribution in [2.75, 3.05) is 19.5 Å². The van der Waals surface area contributed by atoms with Crippen LogP contribution >= 0.6 is 0 Å². The lowest BCUT2D eigenvalue weighted by Crippen LogP contribution is -2.13. The topological polar surface area (TPSA) is 47.6 Å². The first kappa shape index (κ1) is 16.9. The average molecular weight is 313 g/mol. The van der Waals surface area contributed by atoms with E-state index in [4.69, 9.17) is 9.47 Å². The van der Waals surface area contributed by atoms with Gasteiger partial charge in [-0.25, -0.2) is 0 Å². The maximum absolute atomic E-state index is 12.2. The van der Waals surface area contributed by atoms with Crippen molar-refractivity contribution in [3.05, 3.63) is 53.1 Å². The highest BCUT2D eigenvalue weighted by molar-refractivity contribution is 5.91. The Bertz CT molecular complexity index is 673. The molecule has 122 valence electrons. The van der Waals surface area contributed by atoms with Gasteiger partial charge in [-0.3, -0.25) is 4.79 Å². The van der Waals surface area contributed by atoms with Gasteiger partial charge in [-0.2, -0.15) is 0 Å². The van der Waals surface area contributed by atoms with Gasteiger partial charge in [0.1, 0.15) is 11.5 Å². The van der Waals surface area contributed by atoms with E-state index in [1.165, 1.54) is 5.56 Å². The van der Waals surface area contributed by atoms with Crippen LogP contribution in [0.3, 0.4) is 0 Å². The first-order valence-electron chi connectivity index (χ1n) is 7.61. The van der Waals surface area contributed by atoms with Crippen LogP contribution in [-0.4, -0.2) is 20.1 Å². The molecule has 0 saturated carbocycles. The van der Waals surface area contributed by atoms with Crippen LogP contribution < -0.4 is 14.8 Å². The molecular formula is C19H23NO3. The number of ether oxygens (including phenoxy) is 2. The highest BCUT2D eigenvalue weighted by atomic mass is 16.5. The van der Waals surface area contributed by atoms with E-state index in [1.54, 1.807) is 14.2 Å². The minimum Gasteiger partial charge on any atom is -0.497 e. The van der Waals surface area contributed by atoms with E-state index in [2.05, 4.69) is 5.32 Å². The maximum atomic E-state index is 12.2. The molecule has 4 nitrogen and oxygen atoms in total. The van der Waals surface area contributed by atoms with Crippen LogP contribution in [0.15, 0.2) is 36.4 Å². The molecule has 0 heterocycles. The summed E-state index contributed by atoms with van der Waals surface area (Å²) in [7, 11) is 3.23. The average Bonchev–Trinajstić information content (AvgIpc) is 2.56. The third-order valence-electron chi connectivity index (χ3n) is 3.93. The zero-order valence-corrected chi connectivity index (χ0v) is 14.1. The van der Waals surface area contributed by atoms with Crippen molar-refractivity contribution < 1.29 is 14.3 Å². The number of nitrogens with one attached hydrogen (secondary N) is 1. The predicted molar refractivity (Wildman–Crippen MR) is 92.4 cm³/mol. The van der Waals surface area contributed by atoms with Gasteiger partial charge in [0.05, 0.1) is 14.2 Å². The zero-order chi connectivity index (χ0) is 16.8. The molecule has 0 atom stereocenters. The molecule has 0 aromatic heterocycles. The van der Waals surface area contributed by atoms with Crippen LogP contribution in [0, 0.1) is 13.8 Å². The summed E-state index contributed by atoms with van der Waals surface area (Å²) in [6.45, 7) is 4.05. The summed E-state index contributed by atoms with van der Waals surface area (Å²) in [4.78, 5) is 12.2. The largest absolute Gasteiger partial charge is 0.497 e. The normalized spacial score (nSPS) is 10.3. The number of benzene rings is 2. The van der Waals surface area contributed by atoms with Crippen LogP contribution in [0.2, 0.25) is 0 Å². The van der Waals surface area contributed by atoms with Crippen LogP contribution in [-0.2, 0) is 11.2 Å². The van der Waals surface area contributed by atoms with Crippen LogP contribution in [0.1, 0.15) is 23.1 Å². The van der Waals surface area contributed by atoms with Gasteiger partial charge in [0, 0.05) is 18.2 Å². The fourth-order valence-corrected chi connectivity index (χ4v) is 2.37. The van der Waals surface area contributed by atoms with Crippen LogP contribution in [0.5, 0.6) is 11.5 Å². The molecule has 0 aliphatic heterocycles. The van der Waals surface area contributed by atoms with Crippen LogP contribution in [0.25, 0.3) is 0 Å². The second-order valence-corrected chi connectivity index (χ2v) is 5.52. The summed E-state index contributed by atoms with van der Waals surface area (Å²) in [5.74, 6) is 1.46. The van der Waals surface area contributed by atoms with Crippen molar-refractivity contribution >= 4 is 11.6 Å². The molecule has 0 aliphatic carbocycles. The lowest BCUT2D eigenvalue weighted by atomic mass is 10.1. The maximum Gasteiger partial charge on any atom is 0.224 e. The van der Waals surface area contributed by atoms with E-state index in [0.717, 1.165) is 28.3 Å². The molecule has 0 saturated heterocycles. The highest BCUT2D eigenvalue weighted by Gasteiger charge is 2.08. The zero-order valence-electron chi connectivity index (χ0n) is 14.1. The number of anilines is 1. The highest BCUT2D eigenvalue weighted by Crippen LogP contribution is 2.23. The Morgan fingerprint density at radius 1 is 1.04 bits per heavy atom. The monoisotopic (exact) mass is 313 g/mol. The molecule has 0 spiro atoms. The first-order valence-corrected chi connectivity index (χ1v) is 7.61. The first-order chi connectivity index (χ1) is 11.0. The second kappa shape index (κ2) is 7.68. The van der Waals surface area contributed by atoms with Gasteiger partial charge in [-0.15, -0.1) is 0 Å². The minimum atomic E-state index is 0.000451. The molecule has 1 amide bonds. The van der Waals surface area contributed by atoms with Crippen molar-refractivity contribution in [2.24, 2.45) is 0 Å². The predicted octanol–water partition coefficient (Wildman–Crippen LogP) is 3.89. The van der Waals surface area contributed by atoms with Gasteiger partial charge >= 0.3 is 0 Å². The molecule has 0 bridgehead atoms. The second-order valence-electron chi connectivity index (χ2n) is 5.52. The van der Waals surface area contributed by atoms with Crippen molar-refractivity contribution in [2.45, 2.75) is 26.7 Å². The summed E-state index contributed by atoms with van der Waals surface area (Å²) >= 11 is 0. The summed E-state index contributed by atoms with van der Waals surface area (Å²) < 4.78 is 10.5. The number of carbonyl (C=O) groups excluding carboxylic acids is 1. The Labute approximate surface area is 137 Å². The molecule has 23 heavy (non-hydrogen) atoms. The molecule has 0 unspecified atom stereocenters. The summed E-state index contributed by atoms with van der Waals surface area (Å²) in [5, 5.41) is 2.98. The third kappa shape index (κ3) is 4.49. The van der Waals surface area contributed by atoms with E-state index < -0.39 is 0 Å². The quantitative estimate of drug-likeness (QED) is 0.880. The number of hydrogen-bond acceptors (Lipinski definition) is 3. The number of amides is 1. The summed E-state index contributed by atoms with van der Waals surface area (Å²) in [6, 6.07) is 11.6. The standard InChI is InChI=1S/C19H23NO3/c1-13-6-5-7-18(14(13)2)20-19(21)9-8-15-10-16(22-3)12-17(11-15)23-4/h5-7,10-12H,8-9H2,1-4H3,(H,20,21). The van der Waals surface area contributed by atoms with E-state index in [1.807, 2.05) is 50.2 Å². The molecular weight excluding hydrogens is 290 g/mol. The van der Waals surface area contributed by atoms with Crippen LogP contribution in [0.4, 0.5) is 5.69 Å². The molecule has 2 rings (SSSR count). The molecule has 1 N–H and O–H groups in total. The number of methoxy groups -OCH3 is 2. The van der Waals surface area contributed by atoms with E-state index in [-0.39, 0.29) is 5.91 Å². The SMILES string of the molecule is COc1cc(CCC(=O)Nc2cccc(C)c2C)cc(OC)c1. The summed E-state index contributed by atoms with van der Waals surface area (Å²) in [5.41, 5.74) is 4.15. The number of rotatable bonds is 6. The summed E-state index contributed by atoms with van der Waals surface area (Å²) in [6.07, 6.45) is 1.04. The molecule has 0 radical (unpaired) electrons. The fourth-order valence-electron chi connectivity index (χ4n) is 2.37. The smallest absolute Gasteiger partial charge is 0.224 e. The Hall–Kier alpha value is -2.49. The van der Waals surface area contributed by atoms with Gasteiger partial charge < -0.3 is 14.8 Å². The van der Waals surface area contributed by atoms with Gasteiger partial charge in [0.25, 0.3) is 0 Å². The lowest BCUT2D eigenvalue weighted by Gasteiger charge is -2.11. The molecule has 0 aliphatic rings. The number of carbonyl (C=O) groups is 1. The van der Waals surface area contributed by atoms with E-state index in [9.17, 15) is 4.79 Å². The van der Waals surface area contributed by atoms with E-state index in [0.29, 0.717) is 12.8 Å². The van der Waals surface area contributed by atoms with Crippen molar-refractivity contribution in [3.63, 3.8) is 0 Å². The lowest BCUT2D eigenvalue weighted by molar-refractivity contribution is -0.116. The molecule has 4 heteroatoms. The number of aryl methyl sites for hydroxylation is 2. The van der Waals surface area contributed by atoms with Gasteiger partial charge in [-0.1, -0.05) is 12.1 Å². The van der Waals surface area contributed by atoms with Gasteiger partial charge in [0.15, 0.2) is 0 Å². The Morgan fingerprint density at radius 2 is 1.70 bits per heavy atom. The van der Waals surface area contributed by atoms with Crippen molar-refractivity contribution in [1.82, 2.24) is 0 Å². The Kier molecular flexibility index (Phi) is 5.63. The fraction of sp³-hybridized carbons (Fsp3) is 0.316. The molecule has 2 aromatic rings.